The van der Waals surface area contributed by atoms with Gasteiger partial charge in [-0.2, -0.15) is 0 Å². The van der Waals surface area contributed by atoms with Gasteiger partial charge in [0.2, 0.25) is 0 Å². The smallest absolute Gasteiger partial charge is 0.291 e. The number of carbonyl (C=O) groups excluding carboxylic acids is 2. The molecule has 0 aliphatic heterocycles. The lowest BCUT2D eigenvalue weighted by molar-refractivity contribution is 0.0956. The largest absolute Gasteiger partial charge is 0.459 e. The fraction of sp³-hybridized carbons (Fsp3) is 0.158. The molecule has 0 saturated heterocycles. The van der Waals surface area contributed by atoms with E-state index in [1.165, 1.54) is 23.2 Å². The average Bonchev–Trinajstić information content (AvgIpc) is 3.25. The van der Waals surface area contributed by atoms with Crippen molar-refractivity contribution in [3.8, 4) is 0 Å². The van der Waals surface area contributed by atoms with Gasteiger partial charge in [0.1, 0.15) is 0 Å². The molecule has 0 aliphatic rings. The van der Waals surface area contributed by atoms with Gasteiger partial charge in [0.05, 0.1) is 16.1 Å². The SMILES string of the molecule is Cc1cc(NC(=O)c2ccco2)sc1C(=O)NCCc1ccccc1. The summed E-state index contributed by atoms with van der Waals surface area (Å²) in [5.74, 6) is -0.223. The third-order valence-corrected chi connectivity index (χ3v) is 4.80. The van der Waals surface area contributed by atoms with Gasteiger partial charge in [-0.25, -0.2) is 0 Å². The van der Waals surface area contributed by atoms with E-state index in [1.54, 1.807) is 18.2 Å². The van der Waals surface area contributed by atoms with Crippen molar-refractivity contribution in [2.45, 2.75) is 13.3 Å². The van der Waals surface area contributed by atoms with E-state index in [2.05, 4.69) is 10.6 Å². The van der Waals surface area contributed by atoms with Gasteiger partial charge in [0, 0.05) is 6.54 Å². The van der Waals surface area contributed by atoms with Gasteiger partial charge in [0.15, 0.2) is 5.76 Å². The standard InChI is InChI=1S/C19H18N2O3S/c1-13-12-16(21-18(22)15-8-5-11-24-15)25-17(13)19(23)20-10-9-14-6-3-2-4-7-14/h2-8,11-12H,9-10H2,1H3,(H,20,23)(H,21,22). The molecule has 6 heteroatoms. The number of amides is 2. The highest BCUT2D eigenvalue weighted by atomic mass is 32.1. The molecule has 3 rings (SSSR count). The summed E-state index contributed by atoms with van der Waals surface area (Å²) >= 11 is 1.25. The first kappa shape index (κ1) is 17.0. The van der Waals surface area contributed by atoms with Crippen LogP contribution in [0.2, 0.25) is 0 Å². The average molecular weight is 354 g/mol. The number of nitrogens with one attached hydrogen (secondary N) is 2. The predicted molar refractivity (Wildman–Crippen MR) is 98.2 cm³/mol. The van der Waals surface area contributed by atoms with E-state index in [-0.39, 0.29) is 17.6 Å². The van der Waals surface area contributed by atoms with Gasteiger partial charge < -0.3 is 15.1 Å². The Balaban J connectivity index is 1.57. The summed E-state index contributed by atoms with van der Waals surface area (Å²) in [5, 5.41) is 6.29. The van der Waals surface area contributed by atoms with Crippen molar-refractivity contribution >= 4 is 28.2 Å². The molecule has 0 bridgehead atoms. The third kappa shape index (κ3) is 4.36. The minimum absolute atomic E-state index is 0.128. The topological polar surface area (TPSA) is 71.3 Å². The molecule has 2 heterocycles. The second-order valence-electron chi connectivity index (χ2n) is 5.55. The molecule has 0 radical (unpaired) electrons. The van der Waals surface area contributed by atoms with E-state index < -0.39 is 0 Å². The van der Waals surface area contributed by atoms with Crippen LogP contribution in [0.15, 0.2) is 59.2 Å². The number of hydrogen-bond donors (Lipinski definition) is 2. The lowest BCUT2D eigenvalue weighted by Crippen LogP contribution is -2.25. The first-order valence-corrected chi connectivity index (χ1v) is 8.72. The zero-order chi connectivity index (χ0) is 17.6. The molecule has 0 unspecified atom stereocenters. The molecule has 2 N–H and O–H groups in total. The van der Waals surface area contributed by atoms with Crippen LogP contribution in [-0.2, 0) is 6.42 Å². The minimum atomic E-state index is -0.331. The van der Waals surface area contributed by atoms with Crippen LogP contribution in [0.1, 0.15) is 31.4 Å². The lowest BCUT2D eigenvalue weighted by atomic mass is 10.1. The maximum Gasteiger partial charge on any atom is 0.291 e. The van der Waals surface area contributed by atoms with Gasteiger partial charge in [-0.1, -0.05) is 30.3 Å². The van der Waals surface area contributed by atoms with E-state index in [4.69, 9.17) is 4.42 Å². The molecular formula is C19H18N2O3S. The third-order valence-electron chi connectivity index (χ3n) is 3.65. The summed E-state index contributed by atoms with van der Waals surface area (Å²) < 4.78 is 5.06. The Bertz CT molecular complexity index is 854. The van der Waals surface area contributed by atoms with Crippen LogP contribution in [0.4, 0.5) is 5.00 Å². The maximum atomic E-state index is 12.4. The molecular weight excluding hydrogens is 336 g/mol. The van der Waals surface area contributed by atoms with Crippen LogP contribution >= 0.6 is 11.3 Å². The van der Waals surface area contributed by atoms with Crippen LogP contribution in [0, 0.1) is 6.92 Å². The van der Waals surface area contributed by atoms with E-state index in [0.29, 0.717) is 16.4 Å². The highest BCUT2D eigenvalue weighted by Crippen LogP contribution is 2.27. The second kappa shape index (κ2) is 7.81. The van der Waals surface area contributed by atoms with Gasteiger partial charge in [-0.05, 0) is 42.7 Å². The number of rotatable bonds is 6. The fourth-order valence-corrected chi connectivity index (χ4v) is 3.38. The molecule has 5 nitrogen and oxygen atoms in total. The summed E-state index contributed by atoms with van der Waals surface area (Å²) in [6.45, 7) is 2.42. The molecule has 0 aliphatic carbocycles. The van der Waals surface area contributed by atoms with Crippen molar-refractivity contribution in [1.29, 1.82) is 0 Å². The first-order valence-electron chi connectivity index (χ1n) is 7.91. The predicted octanol–water partition coefficient (Wildman–Crippen LogP) is 3.87. The number of aryl methyl sites for hydroxylation is 1. The highest BCUT2D eigenvalue weighted by Gasteiger charge is 2.16. The molecule has 0 saturated carbocycles. The number of thiophene rings is 1. The minimum Gasteiger partial charge on any atom is -0.459 e. The summed E-state index contributed by atoms with van der Waals surface area (Å²) in [6.07, 6.45) is 2.22. The Morgan fingerprint density at radius 1 is 1.08 bits per heavy atom. The maximum absolute atomic E-state index is 12.4. The number of anilines is 1. The molecule has 0 spiro atoms. The monoisotopic (exact) mass is 354 g/mol. The number of benzene rings is 1. The molecule has 2 amide bonds. The van der Waals surface area contributed by atoms with Crippen LogP contribution in [0.25, 0.3) is 0 Å². The molecule has 0 fully saturated rings. The molecule has 2 aromatic heterocycles. The first-order chi connectivity index (χ1) is 12.1. The van der Waals surface area contributed by atoms with Gasteiger partial charge >= 0.3 is 0 Å². The van der Waals surface area contributed by atoms with E-state index >= 15 is 0 Å². The zero-order valence-electron chi connectivity index (χ0n) is 13.7. The Hall–Kier alpha value is -2.86. The number of hydrogen-bond acceptors (Lipinski definition) is 4. The molecule has 0 atom stereocenters. The quantitative estimate of drug-likeness (QED) is 0.706. The van der Waals surface area contributed by atoms with Crippen LogP contribution in [0.3, 0.4) is 0 Å². The summed E-state index contributed by atoms with van der Waals surface area (Å²) in [6, 6.07) is 15.0. The van der Waals surface area contributed by atoms with Crippen molar-refractivity contribution in [2.75, 3.05) is 11.9 Å². The molecule has 25 heavy (non-hydrogen) atoms. The Morgan fingerprint density at radius 3 is 2.60 bits per heavy atom. The van der Waals surface area contributed by atoms with Crippen LogP contribution in [-0.4, -0.2) is 18.4 Å². The van der Waals surface area contributed by atoms with Gasteiger partial charge in [0.25, 0.3) is 11.8 Å². The van der Waals surface area contributed by atoms with E-state index in [9.17, 15) is 9.59 Å². The molecule has 3 aromatic rings. The van der Waals surface area contributed by atoms with Crippen molar-refractivity contribution in [2.24, 2.45) is 0 Å². The second-order valence-corrected chi connectivity index (χ2v) is 6.60. The molecule has 128 valence electrons. The Kier molecular flexibility index (Phi) is 5.30. The Morgan fingerprint density at radius 2 is 1.88 bits per heavy atom. The Labute approximate surface area is 149 Å². The highest BCUT2D eigenvalue weighted by molar-refractivity contribution is 7.18. The van der Waals surface area contributed by atoms with Gasteiger partial charge in [-0.3, -0.25) is 9.59 Å². The summed E-state index contributed by atoms with van der Waals surface area (Å²) in [5.41, 5.74) is 2.01. The van der Waals surface area contributed by atoms with Gasteiger partial charge in [-0.15, -0.1) is 11.3 Å². The summed E-state index contributed by atoms with van der Waals surface area (Å²) in [4.78, 5) is 24.9. The van der Waals surface area contributed by atoms with E-state index in [0.717, 1.165) is 12.0 Å². The number of furan rings is 1. The van der Waals surface area contributed by atoms with Crippen molar-refractivity contribution in [3.05, 3.63) is 76.6 Å². The summed E-state index contributed by atoms with van der Waals surface area (Å²) in [7, 11) is 0. The van der Waals surface area contributed by atoms with Crippen molar-refractivity contribution < 1.29 is 14.0 Å². The van der Waals surface area contributed by atoms with Crippen LogP contribution in [0.5, 0.6) is 0 Å². The van der Waals surface area contributed by atoms with Crippen LogP contribution < -0.4 is 10.6 Å². The normalized spacial score (nSPS) is 10.4. The zero-order valence-corrected chi connectivity index (χ0v) is 14.6. The van der Waals surface area contributed by atoms with Crippen molar-refractivity contribution in [3.63, 3.8) is 0 Å². The lowest BCUT2D eigenvalue weighted by Gasteiger charge is -2.04. The van der Waals surface area contributed by atoms with Crippen molar-refractivity contribution in [1.82, 2.24) is 5.32 Å². The van der Waals surface area contributed by atoms with E-state index in [1.807, 2.05) is 37.3 Å². The fourth-order valence-electron chi connectivity index (χ4n) is 2.40. The number of carbonyl (C=O) groups is 2. The molecule has 1 aromatic carbocycles.